The molecule has 0 aliphatic heterocycles. The van der Waals surface area contributed by atoms with Crippen molar-refractivity contribution >= 4 is 5.91 Å². The van der Waals surface area contributed by atoms with E-state index in [0.29, 0.717) is 19.0 Å². The zero-order chi connectivity index (χ0) is 21.1. The predicted molar refractivity (Wildman–Crippen MR) is 121 cm³/mol. The molecule has 0 heterocycles. The average Bonchev–Trinajstić information content (AvgIpc) is 2.72. The number of likely N-dealkylation sites (N-methyl/N-ethyl adjacent to an activating group) is 1. The van der Waals surface area contributed by atoms with Crippen LogP contribution in [-0.2, 0) is 11.2 Å². The van der Waals surface area contributed by atoms with Crippen LogP contribution in [-0.4, -0.2) is 43.1 Å². The van der Waals surface area contributed by atoms with Crippen molar-refractivity contribution in [2.24, 2.45) is 0 Å². The van der Waals surface area contributed by atoms with Gasteiger partial charge in [0, 0.05) is 6.54 Å². The summed E-state index contributed by atoms with van der Waals surface area (Å²) in [5.74, 6) is 1.35. The molecular weight excluding hydrogens is 360 g/mol. The highest BCUT2D eigenvalue weighted by molar-refractivity contribution is 5.77. The molecule has 2 aromatic carbocycles. The lowest BCUT2D eigenvalue weighted by Gasteiger charge is -2.20. The fraction of sp³-hybridized carbons (Fsp3) is 0.480. The van der Waals surface area contributed by atoms with Crippen molar-refractivity contribution in [3.05, 3.63) is 65.7 Å². The van der Waals surface area contributed by atoms with Crippen LogP contribution in [0.15, 0.2) is 54.6 Å². The second-order valence-corrected chi connectivity index (χ2v) is 7.72. The number of amides is 1. The molecule has 1 N–H and O–H groups in total. The van der Waals surface area contributed by atoms with Crippen LogP contribution in [0.25, 0.3) is 0 Å². The summed E-state index contributed by atoms with van der Waals surface area (Å²) in [6.45, 7) is 11.2. The van der Waals surface area contributed by atoms with Gasteiger partial charge in [-0.1, -0.05) is 56.3 Å². The third-order valence-electron chi connectivity index (χ3n) is 5.12. The molecule has 1 atom stereocenters. The van der Waals surface area contributed by atoms with E-state index in [0.717, 1.165) is 31.7 Å². The Hall–Kier alpha value is -2.33. The summed E-state index contributed by atoms with van der Waals surface area (Å²) in [6, 6.07) is 19.0. The predicted octanol–water partition coefficient (Wildman–Crippen LogP) is 4.65. The number of rotatable bonds is 12. The van der Waals surface area contributed by atoms with E-state index in [1.54, 1.807) is 0 Å². The number of nitrogens with zero attached hydrogens (tertiary/aromatic N) is 1. The van der Waals surface area contributed by atoms with E-state index in [1.165, 1.54) is 11.1 Å². The zero-order valence-corrected chi connectivity index (χ0v) is 18.4. The summed E-state index contributed by atoms with van der Waals surface area (Å²) in [7, 11) is 0. The van der Waals surface area contributed by atoms with Crippen molar-refractivity contribution in [2.45, 2.75) is 52.6 Å². The topological polar surface area (TPSA) is 41.6 Å². The largest absolute Gasteiger partial charge is 0.491 e. The van der Waals surface area contributed by atoms with Gasteiger partial charge in [-0.05, 0) is 69.0 Å². The summed E-state index contributed by atoms with van der Waals surface area (Å²) in [4.78, 5) is 14.4. The Bertz CT molecular complexity index is 709. The lowest BCUT2D eigenvalue weighted by molar-refractivity contribution is -0.122. The molecule has 0 aliphatic carbocycles. The molecule has 0 spiro atoms. The molecule has 1 unspecified atom stereocenters. The van der Waals surface area contributed by atoms with Crippen molar-refractivity contribution in [2.75, 3.05) is 26.2 Å². The van der Waals surface area contributed by atoms with Crippen LogP contribution < -0.4 is 10.1 Å². The summed E-state index contributed by atoms with van der Waals surface area (Å²) >= 11 is 0. The first kappa shape index (κ1) is 23.0. The maximum atomic E-state index is 12.2. The smallest absolute Gasteiger partial charge is 0.234 e. The molecule has 2 rings (SSSR count). The molecule has 4 heteroatoms. The fourth-order valence-corrected chi connectivity index (χ4v) is 3.47. The van der Waals surface area contributed by atoms with Gasteiger partial charge in [-0.15, -0.1) is 0 Å². The van der Waals surface area contributed by atoms with E-state index >= 15 is 0 Å². The lowest BCUT2D eigenvalue weighted by atomic mass is 9.89. The Morgan fingerprint density at radius 1 is 1.00 bits per heavy atom. The molecule has 0 aliphatic rings. The van der Waals surface area contributed by atoms with Gasteiger partial charge in [0.25, 0.3) is 0 Å². The quantitative estimate of drug-likeness (QED) is 0.568. The maximum absolute atomic E-state index is 12.2. The van der Waals surface area contributed by atoms with Crippen LogP contribution in [0.1, 0.15) is 51.2 Å². The summed E-state index contributed by atoms with van der Waals surface area (Å²) in [5, 5.41) is 3.10. The van der Waals surface area contributed by atoms with E-state index in [9.17, 15) is 4.79 Å². The van der Waals surface area contributed by atoms with Gasteiger partial charge in [0.2, 0.25) is 5.91 Å². The molecule has 0 fully saturated rings. The minimum Gasteiger partial charge on any atom is -0.491 e. The highest BCUT2D eigenvalue weighted by atomic mass is 16.5. The SMILES string of the molecule is CCN(CC)CC(=O)NCCC(Cc1ccccc1)c1ccc(OC(C)C)cc1. The molecule has 2 aromatic rings. The molecule has 0 saturated heterocycles. The second-order valence-electron chi connectivity index (χ2n) is 7.72. The van der Waals surface area contributed by atoms with Crippen LogP contribution in [0.3, 0.4) is 0 Å². The van der Waals surface area contributed by atoms with E-state index in [1.807, 2.05) is 32.0 Å². The van der Waals surface area contributed by atoms with Gasteiger partial charge >= 0.3 is 0 Å². The standard InChI is InChI=1S/C25H36N2O2/c1-5-27(6-2)19-25(28)26-17-16-23(18-21-10-8-7-9-11-21)22-12-14-24(15-13-22)29-20(3)4/h7-15,20,23H,5-6,16-19H2,1-4H3,(H,26,28). The highest BCUT2D eigenvalue weighted by Gasteiger charge is 2.14. The van der Waals surface area contributed by atoms with E-state index < -0.39 is 0 Å². The van der Waals surface area contributed by atoms with Gasteiger partial charge in [-0.2, -0.15) is 0 Å². The van der Waals surface area contributed by atoms with Gasteiger partial charge in [-0.25, -0.2) is 0 Å². The number of nitrogens with one attached hydrogen (secondary N) is 1. The van der Waals surface area contributed by atoms with Gasteiger partial charge in [0.15, 0.2) is 0 Å². The zero-order valence-electron chi connectivity index (χ0n) is 18.4. The monoisotopic (exact) mass is 396 g/mol. The van der Waals surface area contributed by atoms with Crippen LogP contribution in [0.5, 0.6) is 5.75 Å². The number of hydrogen-bond acceptors (Lipinski definition) is 3. The maximum Gasteiger partial charge on any atom is 0.234 e. The average molecular weight is 397 g/mol. The Labute approximate surface area is 176 Å². The Balaban J connectivity index is 2.00. The molecule has 0 saturated carbocycles. The summed E-state index contributed by atoms with van der Waals surface area (Å²) in [5.41, 5.74) is 2.59. The Morgan fingerprint density at radius 2 is 1.66 bits per heavy atom. The van der Waals surface area contributed by atoms with Crippen molar-refractivity contribution in [1.29, 1.82) is 0 Å². The molecule has 29 heavy (non-hydrogen) atoms. The minimum atomic E-state index is 0.104. The number of carbonyl (C=O) groups excluding carboxylic acids is 1. The molecule has 1 amide bonds. The van der Waals surface area contributed by atoms with Gasteiger partial charge in [-0.3, -0.25) is 9.69 Å². The molecule has 0 aromatic heterocycles. The number of hydrogen-bond donors (Lipinski definition) is 1. The summed E-state index contributed by atoms with van der Waals surface area (Å²) in [6.07, 6.45) is 2.03. The van der Waals surface area contributed by atoms with Crippen LogP contribution in [0.4, 0.5) is 0 Å². The fourth-order valence-electron chi connectivity index (χ4n) is 3.47. The normalized spacial score (nSPS) is 12.2. The van der Waals surface area contributed by atoms with E-state index in [2.05, 4.69) is 60.5 Å². The number of benzene rings is 2. The Morgan fingerprint density at radius 3 is 2.24 bits per heavy atom. The molecule has 0 bridgehead atoms. The number of ether oxygens (including phenoxy) is 1. The number of carbonyl (C=O) groups is 1. The summed E-state index contributed by atoms with van der Waals surface area (Å²) < 4.78 is 5.78. The van der Waals surface area contributed by atoms with E-state index in [4.69, 9.17) is 4.74 Å². The first-order chi connectivity index (χ1) is 14.0. The van der Waals surface area contributed by atoms with Crippen molar-refractivity contribution in [1.82, 2.24) is 10.2 Å². The molecule has 158 valence electrons. The minimum absolute atomic E-state index is 0.104. The third kappa shape index (κ3) is 8.28. The van der Waals surface area contributed by atoms with Gasteiger partial charge < -0.3 is 10.1 Å². The second kappa shape index (κ2) is 12.3. The molecular formula is C25H36N2O2. The first-order valence-electron chi connectivity index (χ1n) is 10.8. The molecule has 4 nitrogen and oxygen atoms in total. The van der Waals surface area contributed by atoms with E-state index in [-0.39, 0.29) is 12.0 Å². The van der Waals surface area contributed by atoms with Crippen LogP contribution in [0.2, 0.25) is 0 Å². The molecule has 0 radical (unpaired) electrons. The highest BCUT2D eigenvalue weighted by Crippen LogP contribution is 2.26. The van der Waals surface area contributed by atoms with Crippen molar-refractivity contribution < 1.29 is 9.53 Å². The van der Waals surface area contributed by atoms with Crippen molar-refractivity contribution in [3.8, 4) is 5.75 Å². The Kier molecular flexibility index (Phi) is 9.72. The van der Waals surface area contributed by atoms with Crippen molar-refractivity contribution in [3.63, 3.8) is 0 Å². The first-order valence-corrected chi connectivity index (χ1v) is 10.8. The van der Waals surface area contributed by atoms with Crippen LogP contribution in [0, 0.1) is 0 Å². The lowest BCUT2D eigenvalue weighted by Crippen LogP contribution is -2.37. The van der Waals surface area contributed by atoms with Gasteiger partial charge in [0.05, 0.1) is 12.6 Å². The van der Waals surface area contributed by atoms with Crippen LogP contribution >= 0.6 is 0 Å². The van der Waals surface area contributed by atoms with Gasteiger partial charge in [0.1, 0.15) is 5.75 Å². The third-order valence-corrected chi connectivity index (χ3v) is 5.12.